The van der Waals surface area contributed by atoms with Gasteiger partial charge in [-0.05, 0) is 47.8 Å². The molecule has 4 unspecified atom stereocenters. The van der Waals surface area contributed by atoms with E-state index in [4.69, 9.17) is 35.0 Å². The summed E-state index contributed by atoms with van der Waals surface area (Å²) in [6, 6.07) is -3.26. The molecule has 2 aliphatic rings. The highest BCUT2D eigenvalue weighted by atomic mass is 16.5. The van der Waals surface area contributed by atoms with E-state index < -0.39 is 92.5 Å². The number of benzene rings is 1. The number of carbonyl (C=O) groups excluding carboxylic acids is 1. The predicted octanol–water partition coefficient (Wildman–Crippen LogP) is 3.56. The van der Waals surface area contributed by atoms with Crippen LogP contribution in [0.25, 0.3) is 0 Å². The maximum absolute atomic E-state index is 13.1. The standard InChI is InChI=1S/C24H38N2O4/c1-14(2)9-17-13-26-8-7-16-10-21(28-5)22(29-6)11-18(16)19(26)12-20(17)30-24(27)23(25)15(3)4/h10-11,14-15,17,19-20,23H,7-9,12-13,25H2,1-6H3/t17?,19?,20?,23-/m0/s1/i1D3,7D2,8D2,9D2,10D,14D,19D,20D/t14?,17?,19?,20?,23-. The van der Waals surface area contributed by atoms with Crippen molar-refractivity contribution in [3.05, 3.63) is 23.2 Å². The van der Waals surface area contributed by atoms with Gasteiger partial charge in [0.05, 0.1) is 18.3 Å². The molecule has 6 nitrogen and oxygen atoms in total. The zero-order valence-electron chi connectivity index (χ0n) is 30.9. The van der Waals surface area contributed by atoms with Gasteiger partial charge in [-0.1, -0.05) is 27.6 Å². The van der Waals surface area contributed by atoms with Gasteiger partial charge in [-0.2, -0.15) is 0 Å². The molecule has 0 aromatic heterocycles. The highest BCUT2D eigenvalue weighted by Crippen LogP contribution is 2.44. The molecular formula is C24H38N2O4. The summed E-state index contributed by atoms with van der Waals surface area (Å²) in [7, 11) is 2.43. The number of nitrogens with two attached hydrogens (primary N) is 1. The van der Waals surface area contributed by atoms with Gasteiger partial charge in [0.15, 0.2) is 11.5 Å². The monoisotopic (exact) mass is 431 g/mol. The number of hydrogen-bond acceptors (Lipinski definition) is 6. The smallest absolute Gasteiger partial charge is 0.323 e. The van der Waals surface area contributed by atoms with Crippen molar-refractivity contribution in [3.63, 3.8) is 0 Å². The van der Waals surface area contributed by atoms with Crippen LogP contribution in [0.2, 0.25) is 0 Å². The molecule has 1 aromatic carbocycles. The Morgan fingerprint density at radius 1 is 1.47 bits per heavy atom. The van der Waals surface area contributed by atoms with Gasteiger partial charge in [0, 0.05) is 45.1 Å². The van der Waals surface area contributed by atoms with Crippen LogP contribution in [0, 0.1) is 17.7 Å². The third-order valence-corrected chi connectivity index (χ3v) is 5.09. The SMILES string of the molecule is [2H]c1c(OC)c(OC)cc2c1C([2H])([2H])C([2H])([2H])N1CC(C([2H])([2H])C([2H])(C)C([2H])([2H])[2H])C([2H])(OC(=O)[C@@H](N)C(C)C)CC21[2H]. The van der Waals surface area contributed by atoms with Crippen LogP contribution in [-0.2, 0) is 15.9 Å². The molecule has 1 fully saturated rings. The first-order valence-electron chi connectivity index (χ1n) is 16.2. The zero-order chi connectivity index (χ0) is 33.5. The van der Waals surface area contributed by atoms with Gasteiger partial charge < -0.3 is 19.9 Å². The van der Waals surface area contributed by atoms with E-state index in [-0.39, 0.29) is 17.1 Å². The Balaban J connectivity index is 2.41. The molecule has 0 bridgehead atoms. The summed E-state index contributed by atoms with van der Waals surface area (Å²) in [6.07, 6.45) is -10.1. The lowest BCUT2D eigenvalue weighted by Gasteiger charge is -2.47. The molecule has 2 heterocycles. The number of piperidine rings is 1. The maximum Gasteiger partial charge on any atom is 0.323 e. The van der Waals surface area contributed by atoms with Crippen molar-refractivity contribution in [3.8, 4) is 11.5 Å². The molecule has 0 spiro atoms. The number of fused-ring (bicyclic) bond motifs is 3. The number of esters is 1. The Morgan fingerprint density at radius 3 is 2.83 bits per heavy atom. The summed E-state index contributed by atoms with van der Waals surface area (Å²) >= 11 is 0. The fraction of sp³-hybridized carbons (Fsp3) is 0.708. The first-order chi connectivity index (χ1) is 19.2. The lowest BCUT2D eigenvalue weighted by atomic mass is 9.79. The van der Waals surface area contributed by atoms with Gasteiger partial charge in [0.1, 0.15) is 12.1 Å². The second-order valence-corrected chi connectivity index (χ2v) is 7.61. The molecule has 5 atom stereocenters. The summed E-state index contributed by atoms with van der Waals surface area (Å²) in [6.45, 7) is -3.49. The number of ether oxygens (including phenoxy) is 3. The topological polar surface area (TPSA) is 74.0 Å². The minimum atomic E-state index is -3.27. The van der Waals surface area contributed by atoms with Crippen molar-refractivity contribution >= 4 is 5.97 Å². The van der Waals surface area contributed by atoms with E-state index in [2.05, 4.69) is 0 Å². The van der Waals surface area contributed by atoms with Crippen LogP contribution in [0.5, 0.6) is 11.5 Å². The third kappa shape index (κ3) is 4.75. The summed E-state index contributed by atoms with van der Waals surface area (Å²) in [5.74, 6) is -7.03. The molecule has 0 amide bonds. The van der Waals surface area contributed by atoms with E-state index in [9.17, 15) is 7.54 Å². The van der Waals surface area contributed by atoms with Crippen molar-refractivity contribution < 1.29 is 36.8 Å². The van der Waals surface area contributed by atoms with Gasteiger partial charge >= 0.3 is 5.97 Å². The number of carbonyl (C=O) groups is 1. The molecule has 0 radical (unpaired) electrons. The highest BCUT2D eigenvalue weighted by Gasteiger charge is 2.41. The van der Waals surface area contributed by atoms with Gasteiger partial charge in [-0.15, -0.1) is 0 Å². The molecule has 168 valence electrons. The number of nitrogens with zero attached hydrogens (tertiary/aromatic N) is 1. The van der Waals surface area contributed by atoms with Crippen molar-refractivity contribution in [2.45, 2.75) is 64.9 Å². The van der Waals surface area contributed by atoms with Gasteiger partial charge in [0.2, 0.25) is 0 Å². The third-order valence-electron chi connectivity index (χ3n) is 5.09. The highest BCUT2D eigenvalue weighted by molar-refractivity contribution is 5.76. The molecule has 3 rings (SSSR count). The van der Waals surface area contributed by atoms with Crippen molar-refractivity contribution in [1.29, 1.82) is 0 Å². The second-order valence-electron chi connectivity index (χ2n) is 7.61. The number of rotatable bonds is 7. The van der Waals surface area contributed by atoms with Gasteiger partial charge in [-0.3, -0.25) is 9.69 Å². The fourth-order valence-electron chi connectivity index (χ4n) is 3.36. The largest absolute Gasteiger partial charge is 0.493 e. The quantitative estimate of drug-likeness (QED) is 0.666. The van der Waals surface area contributed by atoms with E-state index in [1.807, 2.05) is 0 Å². The molecule has 30 heavy (non-hydrogen) atoms. The van der Waals surface area contributed by atoms with E-state index in [0.717, 1.165) is 13.0 Å². The maximum atomic E-state index is 13.1. The molecule has 2 aliphatic heterocycles. The van der Waals surface area contributed by atoms with E-state index in [1.54, 1.807) is 13.8 Å². The Morgan fingerprint density at radius 2 is 2.20 bits per heavy atom. The summed E-state index contributed by atoms with van der Waals surface area (Å²) < 4.78 is 129. The molecule has 1 saturated heterocycles. The average molecular weight is 432 g/mol. The van der Waals surface area contributed by atoms with Crippen LogP contribution in [0.3, 0.4) is 0 Å². The van der Waals surface area contributed by atoms with Crippen molar-refractivity contribution in [2.75, 3.05) is 27.3 Å². The Bertz CT molecular complexity index is 1270. The van der Waals surface area contributed by atoms with Crippen LogP contribution < -0.4 is 15.2 Å². The molecule has 0 aliphatic carbocycles. The van der Waals surface area contributed by atoms with Crippen molar-refractivity contribution in [1.82, 2.24) is 4.90 Å². The van der Waals surface area contributed by atoms with E-state index in [0.29, 0.717) is 4.90 Å². The van der Waals surface area contributed by atoms with Crippen LogP contribution in [0.15, 0.2) is 12.1 Å². The molecule has 0 saturated carbocycles. The average Bonchev–Trinajstić information content (AvgIpc) is 2.84. The van der Waals surface area contributed by atoms with Crippen molar-refractivity contribution in [2.24, 2.45) is 23.5 Å². The molecule has 6 heteroatoms. The number of hydrogen-bond donors (Lipinski definition) is 1. The van der Waals surface area contributed by atoms with Gasteiger partial charge in [-0.25, -0.2) is 0 Å². The Labute approximate surface area is 199 Å². The Kier molecular flexibility index (Phi) is 3.57. The van der Waals surface area contributed by atoms with Crippen LogP contribution in [0.4, 0.5) is 0 Å². The first kappa shape index (κ1) is 11.2. The fourth-order valence-corrected chi connectivity index (χ4v) is 3.36. The van der Waals surface area contributed by atoms with Crippen LogP contribution in [0.1, 0.15) is 75.4 Å². The summed E-state index contributed by atoms with van der Waals surface area (Å²) in [4.78, 5) is 13.8. The number of methoxy groups -OCH3 is 2. The summed E-state index contributed by atoms with van der Waals surface area (Å²) in [5.41, 5.74) is 5.05. The molecular weight excluding hydrogens is 380 g/mol. The minimum absolute atomic E-state index is 0.107. The predicted molar refractivity (Wildman–Crippen MR) is 118 cm³/mol. The second kappa shape index (κ2) is 9.56. The Hall–Kier alpha value is -1.79. The minimum Gasteiger partial charge on any atom is -0.493 e. The first-order valence-corrected chi connectivity index (χ1v) is 9.73. The van der Waals surface area contributed by atoms with E-state index >= 15 is 0 Å². The van der Waals surface area contributed by atoms with Crippen LogP contribution in [-0.4, -0.2) is 50.3 Å². The normalized spacial score (nSPS) is 42.4. The lowest BCUT2D eigenvalue weighted by Crippen LogP contribution is -2.51. The lowest BCUT2D eigenvalue weighted by molar-refractivity contribution is -0.160. The van der Waals surface area contributed by atoms with Gasteiger partial charge in [0.25, 0.3) is 0 Å². The molecule has 2 N–H and O–H groups in total. The zero-order valence-corrected chi connectivity index (χ0v) is 17.9. The summed E-state index contributed by atoms with van der Waals surface area (Å²) in [5, 5.41) is 0. The molecule has 1 aromatic rings. The van der Waals surface area contributed by atoms with Crippen LogP contribution >= 0.6 is 0 Å². The van der Waals surface area contributed by atoms with E-state index in [1.165, 1.54) is 14.2 Å².